The van der Waals surface area contributed by atoms with Gasteiger partial charge >= 0.3 is 0 Å². The van der Waals surface area contributed by atoms with Crippen molar-refractivity contribution < 1.29 is 9.90 Å². The molecule has 0 bridgehead atoms. The highest BCUT2D eigenvalue weighted by atomic mass is 32.2. The van der Waals surface area contributed by atoms with Gasteiger partial charge in [-0.15, -0.1) is 0 Å². The van der Waals surface area contributed by atoms with Crippen LogP contribution in [0.1, 0.15) is 12.0 Å². The van der Waals surface area contributed by atoms with Crippen LogP contribution in [0.25, 0.3) is 0 Å². The summed E-state index contributed by atoms with van der Waals surface area (Å²) in [6, 6.07) is 5.54. The molecule has 94 valence electrons. The largest absolute Gasteiger partial charge is 0.397 e. The van der Waals surface area contributed by atoms with E-state index in [9.17, 15) is 4.79 Å². The minimum atomic E-state index is -0.0662. The SMILES string of the molecule is Cc1ccc(NC(=O)CSCCCO)c(N)c1. The van der Waals surface area contributed by atoms with Gasteiger partial charge in [0.05, 0.1) is 17.1 Å². The smallest absolute Gasteiger partial charge is 0.234 e. The number of aliphatic hydroxyl groups is 1. The van der Waals surface area contributed by atoms with E-state index in [1.54, 1.807) is 6.07 Å². The first-order chi connectivity index (χ1) is 8.13. The molecule has 0 saturated heterocycles. The molecule has 0 atom stereocenters. The molecule has 0 aliphatic heterocycles. The van der Waals surface area contributed by atoms with E-state index in [0.29, 0.717) is 23.5 Å². The summed E-state index contributed by atoms with van der Waals surface area (Å²) in [6.45, 7) is 2.12. The molecule has 5 heteroatoms. The summed E-state index contributed by atoms with van der Waals surface area (Å²) in [5.74, 6) is 1.10. The molecule has 1 aromatic carbocycles. The van der Waals surface area contributed by atoms with Crippen molar-refractivity contribution >= 4 is 29.0 Å². The first-order valence-corrected chi connectivity index (χ1v) is 6.63. The molecule has 0 unspecified atom stereocenters. The lowest BCUT2D eigenvalue weighted by Crippen LogP contribution is -2.15. The summed E-state index contributed by atoms with van der Waals surface area (Å²) in [6.07, 6.45) is 0.713. The van der Waals surface area contributed by atoms with Crippen LogP contribution in [0.15, 0.2) is 18.2 Å². The maximum atomic E-state index is 11.6. The summed E-state index contributed by atoms with van der Waals surface area (Å²) in [5.41, 5.74) is 8.10. The summed E-state index contributed by atoms with van der Waals surface area (Å²) in [5, 5.41) is 11.4. The second-order valence-corrected chi connectivity index (χ2v) is 4.87. The van der Waals surface area contributed by atoms with Crippen LogP contribution in [-0.4, -0.2) is 29.1 Å². The summed E-state index contributed by atoms with van der Waals surface area (Å²) >= 11 is 1.50. The van der Waals surface area contributed by atoms with Gasteiger partial charge < -0.3 is 16.2 Å². The number of nitrogens with two attached hydrogens (primary N) is 1. The molecular weight excluding hydrogens is 236 g/mol. The zero-order chi connectivity index (χ0) is 12.7. The third-order valence-corrected chi connectivity index (χ3v) is 3.20. The first-order valence-electron chi connectivity index (χ1n) is 5.48. The van der Waals surface area contributed by atoms with E-state index in [0.717, 1.165) is 11.3 Å². The van der Waals surface area contributed by atoms with Crippen molar-refractivity contribution in [3.05, 3.63) is 23.8 Å². The molecule has 0 fully saturated rings. The third-order valence-electron chi connectivity index (χ3n) is 2.16. The number of anilines is 2. The number of hydrogen-bond donors (Lipinski definition) is 3. The third kappa shape index (κ3) is 5.10. The number of thioether (sulfide) groups is 1. The zero-order valence-electron chi connectivity index (χ0n) is 9.90. The number of aliphatic hydroxyl groups excluding tert-OH is 1. The topological polar surface area (TPSA) is 75.3 Å². The van der Waals surface area contributed by atoms with E-state index < -0.39 is 0 Å². The molecule has 17 heavy (non-hydrogen) atoms. The van der Waals surface area contributed by atoms with Crippen LogP contribution in [0.5, 0.6) is 0 Å². The molecule has 0 aliphatic carbocycles. The van der Waals surface area contributed by atoms with Gasteiger partial charge in [0, 0.05) is 6.61 Å². The Balaban J connectivity index is 2.40. The molecule has 4 N–H and O–H groups in total. The molecule has 4 nitrogen and oxygen atoms in total. The molecule has 0 heterocycles. The Bertz CT molecular complexity index is 383. The Morgan fingerprint density at radius 3 is 2.94 bits per heavy atom. The number of carbonyl (C=O) groups is 1. The van der Waals surface area contributed by atoms with Crippen molar-refractivity contribution in [2.24, 2.45) is 0 Å². The van der Waals surface area contributed by atoms with Gasteiger partial charge in [0.2, 0.25) is 5.91 Å². The number of benzene rings is 1. The van der Waals surface area contributed by atoms with Crippen molar-refractivity contribution in [3.8, 4) is 0 Å². The predicted octanol–water partition coefficient (Wildman–Crippen LogP) is 1.63. The Morgan fingerprint density at radius 1 is 1.53 bits per heavy atom. The number of aryl methyl sites for hydroxylation is 1. The minimum Gasteiger partial charge on any atom is -0.397 e. The highest BCUT2D eigenvalue weighted by Crippen LogP contribution is 2.19. The van der Waals surface area contributed by atoms with Crippen LogP contribution in [0, 0.1) is 6.92 Å². The molecule has 0 radical (unpaired) electrons. The van der Waals surface area contributed by atoms with Crippen molar-refractivity contribution in [2.45, 2.75) is 13.3 Å². The van der Waals surface area contributed by atoms with Gasteiger partial charge in [-0.25, -0.2) is 0 Å². The van der Waals surface area contributed by atoms with Crippen LogP contribution >= 0.6 is 11.8 Å². The maximum Gasteiger partial charge on any atom is 0.234 e. The number of nitrogen functional groups attached to an aromatic ring is 1. The van der Waals surface area contributed by atoms with Crippen molar-refractivity contribution in [1.29, 1.82) is 0 Å². The molecular formula is C12H18N2O2S. The monoisotopic (exact) mass is 254 g/mol. The van der Waals surface area contributed by atoms with Gasteiger partial charge in [0.15, 0.2) is 0 Å². The van der Waals surface area contributed by atoms with Gasteiger partial charge in [-0.1, -0.05) is 6.07 Å². The molecule has 1 aromatic rings. The number of carbonyl (C=O) groups excluding carboxylic acids is 1. The van der Waals surface area contributed by atoms with Crippen LogP contribution in [0.3, 0.4) is 0 Å². The Kier molecular flexibility index (Phi) is 5.86. The summed E-state index contributed by atoms with van der Waals surface area (Å²) < 4.78 is 0. The normalized spacial score (nSPS) is 10.2. The van der Waals surface area contributed by atoms with E-state index in [4.69, 9.17) is 10.8 Å². The second-order valence-electron chi connectivity index (χ2n) is 3.77. The minimum absolute atomic E-state index is 0.0662. The fourth-order valence-electron chi connectivity index (χ4n) is 1.31. The van der Waals surface area contributed by atoms with Gasteiger partial charge in [-0.3, -0.25) is 4.79 Å². The van der Waals surface area contributed by atoms with Crippen LogP contribution in [-0.2, 0) is 4.79 Å². The first kappa shape index (κ1) is 13.9. The van der Waals surface area contributed by atoms with Crippen LogP contribution in [0.2, 0.25) is 0 Å². The van der Waals surface area contributed by atoms with Gasteiger partial charge in [-0.05, 0) is 36.8 Å². The molecule has 0 saturated carbocycles. The fourth-order valence-corrected chi connectivity index (χ4v) is 2.05. The average molecular weight is 254 g/mol. The highest BCUT2D eigenvalue weighted by molar-refractivity contribution is 7.99. The lowest BCUT2D eigenvalue weighted by molar-refractivity contribution is -0.113. The molecule has 0 aromatic heterocycles. The molecule has 0 aliphatic rings. The Labute approximate surface area is 106 Å². The quantitative estimate of drug-likeness (QED) is 0.533. The standard InChI is InChI=1S/C12H18N2O2S/c1-9-3-4-11(10(13)7-9)14-12(16)8-17-6-2-5-15/h3-4,7,15H,2,5-6,8,13H2,1H3,(H,14,16). The number of hydrogen-bond acceptors (Lipinski definition) is 4. The van der Waals surface area contributed by atoms with E-state index in [-0.39, 0.29) is 12.5 Å². The van der Waals surface area contributed by atoms with Crippen LogP contribution in [0.4, 0.5) is 11.4 Å². The molecule has 1 amide bonds. The van der Waals surface area contributed by atoms with E-state index in [2.05, 4.69) is 5.32 Å². The lowest BCUT2D eigenvalue weighted by Gasteiger charge is -2.08. The number of rotatable bonds is 6. The Hall–Kier alpha value is -1.20. The number of nitrogens with one attached hydrogen (secondary N) is 1. The van der Waals surface area contributed by atoms with Crippen LogP contribution < -0.4 is 11.1 Å². The average Bonchev–Trinajstić information content (AvgIpc) is 2.28. The van der Waals surface area contributed by atoms with E-state index in [1.165, 1.54) is 11.8 Å². The van der Waals surface area contributed by atoms with Gasteiger partial charge in [-0.2, -0.15) is 11.8 Å². The second kappa shape index (κ2) is 7.19. The number of amides is 1. The zero-order valence-corrected chi connectivity index (χ0v) is 10.7. The highest BCUT2D eigenvalue weighted by Gasteiger charge is 2.05. The predicted molar refractivity (Wildman–Crippen MR) is 73.2 cm³/mol. The van der Waals surface area contributed by atoms with Gasteiger partial charge in [0.1, 0.15) is 0 Å². The van der Waals surface area contributed by atoms with E-state index in [1.807, 2.05) is 19.1 Å². The maximum absolute atomic E-state index is 11.6. The van der Waals surface area contributed by atoms with E-state index >= 15 is 0 Å². The van der Waals surface area contributed by atoms with Crippen molar-refractivity contribution in [2.75, 3.05) is 29.2 Å². The summed E-state index contributed by atoms with van der Waals surface area (Å²) in [4.78, 5) is 11.6. The van der Waals surface area contributed by atoms with Crippen molar-refractivity contribution in [1.82, 2.24) is 0 Å². The lowest BCUT2D eigenvalue weighted by atomic mass is 10.2. The fraction of sp³-hybridized carbons (Fsp3) is 0.417. The molecule has 0 spiro atoms. The summed E-state index contributed by atoms with van der Waals surface area (Å²) in [7, 11) is 0. The van der Waals surface area contributed by atoms with Gasteiger partial charge in [0.25, 0.3) is 0 Å². The van der Waals surface area contributed by atoms with Crippen molar-refractivity contribution in [3.63, 3.8) is 0 Å². The Morgan fingerprint density at radius 2 is 2.29 bits per heavy atom. The molecule has 1 rings (SSSR count).